The number of thiophene rings is 1. The van der Waals surface area contributed by atoms with Gasteiger partial charge in [0.15, 0.2) is 0 Å². The van der Waals surface area contributed by atoms with Crippen molar-refractivity contribution in [2.24, 2.45) is 0 Å². The summed E-state index contributed by atoms with van der Waals surface area (Å²) in [5, 5.41) is 7.09. The molecule has 10 rings (SSSR count). The topological polar surface area (TPSA) is 26.3 Å². The molecule has 0 fully saturated rings. The van der Waals surface area contributed by atoms with Gasteiger partial charge in [-0.25, -0.2) is 0 Å². The number of hydrogen-bond acceptors (Lipinski definition) is 3. The normalized spacial score (nSPS) is 12.0. The van der Waals surface area contributed by atoms with Crippen LogP contribution in [0.15, 0.2) is 154 Å². The summed E-state index contributed by atoms with van der Waals surface area (Å²) in [4.78, 5) is 0. The molecular weight excluding hydrogens is 569 g/mol. The summed E-state index contributed by atoms with van der Waals surface area (Å²) in [6, 6.07) is 51.8. The molecule has 0 amide bonds. The van der Waals surface area contributed by atoms with Crippen molar-refractivity contribution < 1.29 is 8.83 Å². The van der Waals surface area contributed by atoms with Crippen LogP contribution in [0.1, 0.15) is 0 Å². The first-order valence-corrected chi connectivity index (χ1v) is 16.0. The van der Waals surface area contributed by atoms with E-state index in [2.05, 4.69) is 133 Å². The van der Waals surface area contributed by atoms with Crippen LogP contribution in [0.5, 0.6) is 0 Å². The Morgan fingerprint density at radius 3 is 1.64 bits per heavy atom. The average Bonchev–Trinajstić information content (AvgIpc) is 3.79. The zero-order valence-corrected chi connectivity index (χ0v) is 24.9. The minimum absolute atomic E-state index is 0.876. The smallest absolute Gasteiger partial charge is 0.143 e. The largest absolute Gasteiger partial charge is 0.455 e. The van der Waals surface area contributed by atoms with Crippen LogP contribution in [0.4, 0.5) is 0 Å². The Balaban J connectivity index is 1.10. The summed E-state index contributed by atoms with van der Waals surface area (Å²) in [5.74, 6) is 0. The predicted molar refractivity (Wildman–Crippen MR) is 190 cm³/mol. The second-order valence-corrected chi connectivity index (χ2v) is 12.7. The fraction of sp³-hybridized carbons (Fsp3) is 0. The summed E-state index contributed by atoms with van der Waals surface area (Å²) in [6.07, 6.45) is 0. The van der Waals surface area contributed by atoms with Gasteiger partial charge in [0.1, 0.15) is 22.3 Å². The molecule has 0 aliphatic rings. The second-order valence-electron chi connectivity index (χ2n) is 11.6. The van der Waals surface area contributed by atoms with Gasteiger partial charge in [-0.05, 0) is 41.0 Å². The number of rotatable bonds is 3. The van der Waals surface area contributed by atoms with Crippen molar-refractivity contribution in [3.8, 4) is 33.4 Å². The highest BCUT2D eigenvalue weighted by atomic mass is 32.1. The lowest BCUT2D eigenvalue weighted by Gasteiger charge is -2.06. The first-order chi connectivity index (χ1) is 22.3. The fourth-order valence-electron chi connectivity index (χ4n) is 6.97. The lowest BCUT2D eigenvalue weighted by Crippen LogP contribution is -1.81. The molecule has 45 heavy (non-hydrogen) atoms. The van der Waals surface area contributed by atoms with Crippen LogP contribution in [0.2, 0.25) is 0 Å². The third kappa shape index (κ3) is 3.68. The van der Waals surface area contributed by atoms with Gasteiger partial charge in [0.05, 0.1) is 0 Å². The quantitative estimate of drug-likeness (QED) is 0.204. The van der Waals surface area contributed by atoms with Crippen LogP contribution in [-0.4, -0.2) is 0 Å². The second kappa shape index (κ2) is 9.43. The highest BCUT2D eigenvalue weighted by Crippen LogP contribution is 2.43. The minimum Gasteiger partial charge on any atom is -0.455 e. The summed E-state index contributed by atoms with van der Waals surface area (Å²) >= 11 is 1.85. The van der Waals surface area contributed by atoms with Gasteiger partial charge in [-0.1, -0.05) is 121 Å². The summed E-state index contributed by atoms with van der Waals surface area (Å²) in [7, 11) is 0. The fourth-order valence-corrected chi connectivity index (χ4v) is 8.05. The first-order valence-electron chi connectivity index (χ1n) is 15.2. The average molecular weight is 593 g/mol. The van der Waals surface area contributed by atoms with Gasteiger partial charge >= 0.3 is 0 Å². The van der Waals surface area contributed by atoms with Crippen molar-refractivity contribution in [2.45, 2.75) is 0 Å². The van der Waals surface area contributed by atoms with Crippen molar-refractivity contribution in [3.05, 3.63) is 146 Å². The Morgan fingerprint density at radius 2 is 0.867 bits per heavy atom. The van der Waals surface area contributed by atoms with E-state index < -0.39 is 0 Å². The van der Waals surface area contributed by atoms with Crippen molar-refractivity contribution in [1.29, 1.82) is 0 Å². The van der Waals surface area contributed by atoms with Gasteiger partial charge in [-0.15, -0.1) is 11.3 Å². The molecule has 0 saturated heterocycles. The van der Waals surface area contributed by atoms with Crippen LogP contribution >= 0.6 is 11.3 Å². The van der Waals surface area contributed by atoms with Gasteiger partial charge in [-0.3, -0.25) is 0 Å². The van der Waals surface area contributed by atoms with E-state index in [4.69, 9.17) is 8.83 Å². The Labute approximate surface area is 262 Å². The molecule has 2 nitrogen and oxygen atoms in total. The van der Waals surface area contributed by atoms with Crippen molar-refractivity contribution >= 4 is 75.4 Å². The van der Waals surface area contributed by atoms with Crippen LogP contribution in [0.3, 0.4) is 0 Å². The van der Waals surface area contributed by atoms with Crippen LogP contribution in [-0.2, 0) is 0 Å². The molecule has 0 bridgehead atoms. The molecule has 3 heterocycles. The zero-order chi connectivity index (χ0) is 29.5. The zero-order valence-electron chi connectivity index (χ0n) is 24.1. The maximum atomic E-state index is 6.80. The molecule has 0 aliphatic heterocycles. The monoisotopic (exact) mass is 592 g/mol. The Bertz CT molecular complexity index is 2760. The van der Waals surface area contributed by atoms with E-state index in [0.717, 1.165) is 66.1 Å². The van der Waals surface area contributed by atoms with Crippen LogP contribution < -0.4 is 0 Å². The predicted octanol–water partition coefficient (Wildman–Crippen LogP) is 12.9. The molecular formula is C42H24O2S. The standard InChI is InChI=1S/C42H24O2S/c1-3-16-37-29(8-1)31-11-6-13-33(41(31)43-37)35-15-7-14-34-32-12-5-10-28(40(32)44-42(34)35)26-20-18-25(19-21-26)27-22-23-39-36(24-27)30-9-2-4-17-38(30)45-39/h1-24H. The van der Waals surface area contributed by atoms with Crippen molar-refractivity contribution in [3.63, 3.8) is 0 Å². The molecule has 7 aromatic carbocycles. The highest BCUT2D eigenvalue weighted by molar-refractivity contribution is 7.25. The third-order valence-electron chi connectivity index (χ3n) is 9.12. The lowest BCUT2D eigenvalue weighted by molar-refractivity contribution is 0.665. The molecule has 3 aromatic heterocycles. The number of para-hydroxylation sites is 4. The summed E-state index contributed by atoms with van der Waals surface area (Å²) < 4.78 is 15.9. The SMILES string of the molecule is c1ccc2c(c1)oc1c(-c3cccc4c3oc3c(-c5ccc(-c6ccc7sc8ccccc8c7c6)cc5)cccc34)cccc12. The van der Waals surface area contributed by atoms with E-state index in [1.54, 1.807) is 0 Å². The Hall–Kier alpha value is -5.64. The maximum Gasteiger partial charge on any atom is 0.143 e. The van der Waals surface area contributed by atoms with Crippen LogP contribution in [0.25, 0.3) is 97.4 Å². The van der Waals surface area contributed by atoms with E-state index >= 15 is 0 Å². The van der Waals surface area contributed by atoms with Gasteiger partial charge in [0.2, 0.25) is 0 Å². The maximum absolute atomic E-state index is 6.80. The van der Waals surface area contributed by atoms with Gasteiger partial charge in [0, 0.05) is 58.4 Å². The minimum atomic E-state index is 0.876. The van der Waals surface area contributed by atoms with E-state index in [0.29, 0.717) is 0 Å². The van der Waals surface area contributed by atoms with E-state index in [1.807, 2.05) is 23.5 Å². The van der Waals surface area contributed by atoms with E-state index in [9.17, 15) is 0 Å². The molecule has 210 valence electrons. The molecule has 3 heteroatoms. The van der Waals surface area contributed by atoms with Gasteiger partial charge < -0.3 is 8.83 Å². The lowest BCUT2D eigenvalue weighted by atomic mass is 9.97. The van der Waals surface area contributed by atoms with Crippen molar-refractivity contribution in [2.75, 3.05) is 0 Å². The van der Waals surface area contributed by atoms with Gasteiger partial charge in [0.25, 0.3) is 0 Å². The molecule has 0 unspecified atom stereocenters. The molecule has 0 saturated carbocycles. The number of fused-ring (bicyclic) bond motifs is 9. The molecule has 0 N–H and O–H groups in total. The van der Waals surface area contributed by atoms with E-state index in [1.165, 1.54) is 31.3 Å². The Morgan fingerprint density at radius 1 is 0.333 bits per heavy atom. The van der Waals surface area contributed by atoms with E-state index in [-0.39, 0.29) is 0 Å². The molecule has 10 aromatic rings. The molecule has 0 radical (unpaired) electrons. The highest BCUT2D eigenvalue weighted by Gasteiger charge is 2.19. The first kappa shape index (κ1) is 24.8. The summed E-state index contributed by atoms with van der Waals surface area (Å²) in [6.45, 7) is 0. The van der Waals surface area contributed by atoms with Crippen molar-refractivity contribution in [1.82, 2.24) is 0 Å². The molecule has 0 aliphatic carbocycles. The third-order valence-corrected chi connectivity index (χ3v) is 10.3. The molecule has 0 atom stereocenters. The summed E-state index contributed by atoms with van der Waals surface area (Å²) in [5.41, 5.74) is 10.3. The van der Waals surface area contributed by atoms with Crippen LogP contribution in [0, 0.1) is 0 Å². The number of hydrogen-bond donors (Lipinski definition) is 0. The van der Waals surface area contributed by atoms with Gasteiger partial charge in [-0.2, -0.15) is 0 Å². The number of benzene rings is 7. The molecule has 0 spiro atoms. The number of furan rings is 2. The Kier molecular flexibility index (Phi) is 5.19.